The quantitative estimate of drug-likeness (QED) is 0.768. The Hall–Kier alpha value is -3.43. The fourth-order valence-corrected chi connectivity index (χ4v) is 4.33. The van der Waals surface area contributed by atoms with Crippen LogP contribution in [0.25, 0.3) is 0 Å². The molecule has 2 aromatic heterocycles. The molecule has 2 aliphatic rings. The number of nitrogens with one attached hydrogen (secondary N) is 1. The lowest BCUT2D eigenvalue weighted by molar-refractivity contribution is 0.0772. The van der Waals surface area contributed by atoms with Crippen molar-refractivity contribution in [3.05, 3.63) is 47.8 Å². The predicted octanol–water partition coefficient (Wildman–Crippen LogP) is 0.491. The normalized spacial score (nSPS) is 20.2. The number of imidazole rings is 1. The molecule has 1 N–H and O–H groups in total. The van der Waals surface area contributed by atoms with Crippen LogP contribution in [0.4, 0.5) is 4.79 Å². The molecular weight excluding hydrogens is 398 g/mol. The van der Waals surface area contributed by atoms with E-state index in [0.29, 0.717) is 32.6 Å². The summed E-state index contributed by atoms with van der Waals surface area (Å²) < 4.78 is 1.78. The number of hydrogen-bond donors (Lipinski definition) is 1. The van der Waals surface area contributed by atoms with Gasteiger partial charge in [0, 0.05) is 71.6 Å². The first-order valence-corrected chi connectivity index (χ1v) is 10.3. The number of carbonyl (C=O) groups is 3. The van der Waals surface area contributed by atoms with Gasteiger partial charge in [-0.2, -0.15) is 0 Å². The van der Waals surface area contributed by atoms with Gasteiger partial charge in [-0.05, 0) is 12.1 Å². The Labute approximate surface area is 180 Å². The molecule has 10 nitrogen and oxygen atoms in total. The molecule has 0 unspecified atom stereocenters. The van der Waals surface area contributed by atoms with Gasteiger partial charge in [-0.25, -0.2) is 9.78 Å². The van der Waals surface area contributed by atoms with Crippen LogP contribution in [0.3, 0.4) is 0 Å². The van der Waals surface area contributed by atoms with E-state index < -0.39 is 0 Å². The second-order valence-corrected chi connectivity index (χ2v) is 8.27. The molecule has 1 fully saturated rings. The van der Waals surface area contributed by atoms with E-state index in [0.717, 1.165) is 5.69 Å². The largest absolute Gasteiger partial charge is 0.350 e. The Morgan fingerprint density at radius 2 is 2.00 bits per heavy atom. The van der Waals surface area contributed by atoms with Crippen LogP contribution < -0.4 is 5.32 Å². The molecule has 2 atom stereocenters. The van der Waals surface area contributed by atoms with Gasteiger partial charge in [0.15, 0.2) is 5.69 Å². The summed E-state index contributed by atoms with van der Waals surface area (Å²) in [4.78, 5) is 51.8. The van der Waals surface area contributed by atoms with Crippen molar-refractivity contribution in [3.63, 3.8) is 0 Å². The number of rotatable bonds is 4. The van der Waals surface area contributed by atoms with Crippen molar-refractivity contribution in [2.45, 2.75) is 12.5 Å². The third-order valence-electron chi connectivity index (χ3n) is 5.88. The molecule has 4 amide bonds. The molecule has 4 rings (SSSR count). The van der Waals surface area contributed by atoms with Gasteiger partial charge in [0.25, 0.3) is 11.8 Å². The Kier molecular flexibility index (Phi) is 5.62. The molecule has 4 heterocycles. The van der Waals surface area contributed by atoms with Crippen LogP contribution in [-0.2, 0) is 6.42 Å². The first kappa shape index (κ1) is 20.8. The Balaban J connectivity index is 1.54. The summed E-state index contributed by atoms with van der Waals surface area (Å²) in [5.74, 6) is -0.537. The van der Waals surface area contributed by atoms with Crippen LogP contribution in [0, 0.1) is 5.92 Å². The van der Waals surface area contributed by atoms with E-state index in [1.165, 1.54) is 0 Å². The van der Waals surface area contributed by atoms with Crippen molar-refractivity contribution in [2.24, 2.45) is 5.92 Å². The highest BCUT2D eigenvalue weighted by atomic mass is 16.2. The lowest BCUT2D eigenvalue weighted by Gasteiger charge is -2.22. The maximum Gasteiger partial charge on any atom is 0.319 e. The molecule has 10 heteroatoms. The third-order valence-corrected chi connectivity index (χ3v) is 5.88. The van der Waals surface area contributed by atoms with Crippen molar-refractivity contribution >= 4 is 17.8 Å². The second kappa shape index (κ2) is 8.37. The minimum absolute atomic E-state index is 0.0591. The Bertz CT molecular complexity index is 988. The predicted molar refractivity (Wildman–Crippen MR) is 113 cm³/mol. The van der Waals surface area contributed by atoms with Gasteiger partial charge in [-0.15, -0.1) is 0 Å². The van der Waals surface area contributed by atoms with E-state index in [9.17, 15) is 14.4 Å². The van der Waals surface area contributed by atoms with Gasteiger partial charge in [0.05, 0.1) is 12.4 Å². The molecule has 31 heavy (non-hydrogen) atoms. The molecule has 0 radical (unpaired) electrons. The van der Waals surface area contributed by atoms with Gasteiger partial charge < -0.3 is 24.6 Å². The average molecular weight is 425 g/mol. The van der Waals surface area contributed by atoms with Crippen molar-refractivity contribution in [3.8, 4) is 0 Å². The summed E-state index contributed by atoms with van der Waals surface area (Å²) in [6, 6.07) is 5.48. The third kappa shape index (κ3) is 3.97. The second-order valence-electron chi connectivity index (χ2n) is 8.27. The number of fused-ring (bicyclic) bond motifs is 3. The summed E-state index contributed by atoms with van der Waals surface area (Å²) in [6.45, 7) is 1.95. The Morgan fingerprint density at radius 3 is 2.71 bits per heavy atom. The summed E-state index contributed by atoms with van der Waals surface area (Å²) in [7, 11) is 5.17. The number of nitrogens with zero attached hydrogens (tertiary/aromatic N) is 6. The van der Waals surface area contributed by atoms with Crippen LogP contribution >= 0.6 is 0 Å². The first-order valence-electron chi connectivity index (χ1n) is 10.3. The molecule has 164 valence electrons. The molecule has 0 bridgehead atoms. The molecule has 1 saturated heterocycles. The molecule has 0 saturated carbocycles. The van der Waals surface area contributed by atoms with Gasteiger partial charge >= 0.3 is 6.03 Å². The molecule has 0 aromatic carbocycles. The van der Waals surface area contributed by atoms with Gasteiger partial charge in [-0.3, -0.25) is 14.6 Å². The lowest BCUT2D eigenvalue weighted by Crippen LogP contribution is -2.39. The highest BCUT2D eigenvalue weighted by Crippen LogP contribution is 2.34. The molecule has 0 spiro atoms. The van der Waals surface area contributed by atoms with Crippen LogP contribution in [0.15, 0.2) is 30.7 Å². The zero-order valence-electron chi connectivity index (χ0n) is 18.0. The van der Waals surface area contributed by atoms with E-state index in [2.05, 4.69) is 15.3 Å². The summed E-state index contributed by atoms with van der Waals surface area (Å²) in [5, 5.41) is 2.84. The van der Waals surface area contributed by atoms with Crippen molar-refractivity contribution < 1.29 is 14.4 Å². The van der Waals surface area contributed by atoms with E-state index >= 15 is 0 Å². The van der Waals surface area contributed by atoms with Crippen LogP contribution in [0.2, 0.25) is 0 Å². The van der Waals surface area contributed by atoms with Crippen LogP contribution in [-0.4, -0.2) is 94.4 Å². The van der Waals surface area contributed by atoms with E-state index in [1.807, 2.05) is 18.2 Å². The van der Waals surface area contributed by atoms with Crippen molar-refractivity contribution in [2.75, 3.05) is 47.3 Å². The summed E-state index contributed by atoms with van der Waals surface area (Å²) >= 11 is 0. The number of likely N-dealkylation sites (tertiary alicyclic amines) is 1. The number of aromatic nitrogens is 3. The van der Waals surface area contributed by atoms with E-state index in [1.54, 1.807) is 52.9 Å². The number of carbonyl (C=O) groups excluding carboxylic acids is 3. The molecule has 2 aromatic rings. The Morgan fingerprint density at radius 1 is 1.19 bits per heavy atom. The smallest absolute Gasteiger partial charge is 0.319 e. The SMILES string of the molecule is CN(C)C(=O)N1C[C@@H]2CN(C)C(=O)c3c(C(=O)NCCc4ccccn4)ncn3[C@H]2C1. The van der Waals surface area contributed by atoms with Crippen LogP contribution in [0.1, 0.15) is 32.7 Å². The van der Waals surface area contributed by atoms with E-state index in [-0.39, 0.29) is 41.2 Å². The van der Waals surface area contributed by atoms with Crippen LogP contribution in [0.5, 0.6) is 0 Å². The minimum atomic E-state index is -0.385. The minimum Gasteiger partial charge on any atom is -0.350 e. The van der Waals surface area contributed by atoms with Gasteiger partial charge in [0.1, 0.15) is 5.69 Å². The molecule has 0 aliphatic carbocycles. The number of hydrogen-bond acceptors (Lipinski definition) is 5. The zero-order valence-corrected chi connectivity index (χ0v) is 18.0. The zero-order chi connectivity index (χ0) is 22.1. The fraction of sp³-hybridized carbons (Fsp3) is 0.476. The summed E-state index contributed by atoms with van der Waals surface area (Å²) in [5.41, 5.74) is 1.28. The van der Waals surface area contributed by atoms with Crippen molar-refractivity contribution in [1.82, 2.24) is 34.6 Å². The van der Waals surface area contributed by atoms with E-state index in [4.69, 9.17) is 0 Å². The number of pyridine rings is 1. The lowest BCUT2D eigenvalue weighted by atomic mass is 10.0. The van der Waals surface area contributed by atoms with Crippen molar-refractivity contribution in [1.29, 1.82) is 0 Å². The monoisotopic (exact) mass is 425 g/mol. The number of urea groups is 1. The maximum absolute atomic E-state index is 13.1. The number of amides is 4. The average Bonchev–Trinajstić information content (AvgIpc) is 3.35. The van der Waals surface area contributed by atoms with Gasteiger partial charge in [-0.1, -0.05) is 6.07 Å². The highest BCUT2D eigenvalue weighted by Gasteiger charge is 2.43. The fourth-order valence-electron chi connectivity index (χ4n) is 4.33. The molecule has 2 aliphatic heterocycles. The van der Waals surface area contributed by atoms with Gasteiger partial charge in [0.2, 0.25) is 0 Å². The maximum atomic E-state index is 13.1. The first-order chi connectivity index (χ1) is 14.9. The highest BCUT2D eigenvalue weighted by molar-refractivity contribution is 6.05. The topological polar surface area (TPSA) is 104 Å². The molecular formula is C21H27N7O3. The summed E-state index contributed by atoms with van der Waals surface area (Å²) in [6.07, 6.45) is 3.85. The standard InChI is InChI=1S/C21H27N7O3/c1-25(2)21(31)27-11-14-10-26(3)20(30)18-17(24-13-28(18)16(14)12-27)19(29)23-9-7-15-6-4-5-8-22-15/h4-6,8,13-14,16H,7,9-12H2,1-3H3,(H,23,29)/t14-,16-/m0/s1.